The molecule has 148 valence electrons. The van der Waals surface area contributed by atoms with E-state index in [4.69, 9.17) is 9.47 Å². The van der Waals surface area contributed by atoms with Crippen LogP contribution in [0.2, 0.25) is 0 Å². The number of ether oxygens (including phenoxy) is 2. The quantitative estimate of drug-likeness (QED) is 0.826. The summed E-state index contributed by atoms with van der Waals surface area (Å²) in [5, 5.41) is 5.75. The van der Waals surface area contributed by atoms with E-state index in [0.717, 1.165) is 12.0 Å². The predicted octanol–water partition coefficient (Wildman–Crippen LogP) is 3.65. The maximum atomic E-state index is 12.8. The molecular weight excluding hydrogens is 358 g/mol. The minimum absolute atomic E-state index is 0.216. The van der Waals surface area contributed by atoms with Crippen molar-refractivity contribution >= 4 is 23.3 Å². The van der Waals surface area contributed by atoms with Crippen LogP contribution < -0.4 is 20.1 Å². The molecule has 0 saturated carbocycles. The van der Waals surface area contributed by atoms with Gasteiger partial charge >= 0.3 is 6.03 Å². The Bertz CT molecular complexity index is 851. The van der Waals surface area contributed by atoms with Crippen LogP contribution in [0.3, 0.4) is 0 Å². The van der Waals surface area contributed by atoms with E-state index in [9.17, 15) is 9.59 Å². The lowest BCUT2D eigenvalue weighted by Gasteiger charge is -2.24. The van der Waals surface area contributed by atoms with Crippen LogP contribution >= 0.6 is 0 Å². The summed E-state index contributed by atoms with van der Waals surface area (Å²) in [6.45, 7) is 2.48. The van der Waals surface area contributed by atoms with Crippen molar-refractivity contribution < 1.29 is 19.1 Å². The van der Waals surface area contributed by atoms with Crippen LogP contribution in [-0.4, -0.2) is 43.6 Å². The fourth-order valence-electron chi connectivity index (χ4n) is 3.29. The highest BCUT2D eigenvalue weighted by molar-refractivity contribution is 6.00. The number of rotatable bonds is 5. The largest absolute Gasteiger partial charge is 0.497 e. The number of benzene rings is 2. The zero-order valence-corrected chi connectivity index (χ0v) is 16.3. The Kier molecular flexibility index (Phi) is 6.03. The van der Waals surface area contributed by atoms with Crippen LogP contribution in [0.25, 0.3) is 0 Å². The first-order valence-electron chi connectivity index (χ1n) is 9.19. The van der Waals surface area contributed by atoms with Gasteiger partial charge in [0.25, 0.3) is 0 Å². The number of carbonyl (C=O) groups is 2. The number of urea groups is 1. The Morgan fingerprint density at radius 1 is 1.04 bits per heavy atom. The molecule has 1 aliphatic rings. The van der Waals surface area contributed by atoms with Gasteiger partial charge in [-0.3, -0.25) is 4.79 Å². The molecule has 7 heteroatoms. The summed E-state index contributed by atoms with van der Waals surface area (Å²) in [7, 11) is 3.15. The summed E-state index contributed by atoms with van der Waals surface area (Å²) in [5.41, 5.74) is 2.27. The first-order chi connectivity index (χ1) is 13.5. The molecule has 2 aromatic carbocycles. The lowest BCUT2D eigenvalue weighted by molar-refractivity contribution is -0.119. The summed E-state index contributed by atoms with van der Waals surface area (Å²) in [4.78, 5) is 27.1. The van der Waals surface area contributed by atoms with Gasteiger partial charge in [0.2, 0.25) is 5.91 Å². The van der Waals surface area contributed by atoms with Gasteiger partial charge in [-0.15, -0.1) is 0 Å². The van der Waals surface area contributed by atoms with Crippen molar-refractivity contribution in [2.24, 2.45) is 0 Å². The molecular formula is C21H25N3O4. The van der Waals surface area contributed by atoms with Crippen LogP contribution in [0.5, 0.6) is 11.5 Å². The second-order valence-electron chi connectivity index (χ2n) is 6.70. The van der Waals surface area contributed by atoms with Crippen LogP contribution in [0, 0.1) is 6.92 Å². The fraction of sp³-hybridized carbons (Fsp3) is 0.333. The number of methoxy groups -OCH3 is 2. The predicted molar refractivity (Wildman–Crippen MR) is 108 cm³/mol. The molecule has 7 nitrogen and oxygen atoms in total. The monoisotopic (exact) mass is 383 g/mol. The normalized spacial score (nSPS) is 15.8. The summed E-state index contributed by atoms with van der Waals surface area (Å²) < 4.78 is 10.4. The Balaban J connectivity index is 1.68. The molecule has 0 spiro atoms. The van der Waals surface area contributed by atoms with E-state index < -0.39 is 6.04 Å². The lowest BCUT2D eigenvalue weighted by Crippen LogP contribution is -2.45. The number of aryl methyl sites for hydroxylation is 1. The summed E-state index contributed by atoms with van der Waals surface area (Å²) >= 11 is 0. The summed E-state index contributed by atoms with van der Waals surface area (Å²) in [6.07, 6.45) is 1.40. The van der Waals surface area contributed by atoms with Gasteiger partial charge < -0.3 is 25.0 Å². The number of hydrogen-bond donors (Lipinski definition) is 2. The molecule has 3 amide bonds. The van der Waals surface area contributed by atoms with Crippen molar-refractivity contribution in [1.82, 2.24) is 4.90 Å². The fourth-order valence-corrected chi connectivity index (χ4v) is 3.29. The smallest absolute Gasteiger partial charge is 0.322 e. The zero-order valence-electron chi connectivity index (χ0n) is 16.3. The first kappa shape index (κ1) is 19.5. The Labute approximate surface area is 164 Å². The molecule has 1 atom stereocenters. The van der Waals surface area contributed by atoms with E-state index in [2.05, 4.69) is 10.6 Å². The maximum absolute atomic E-state index is 12.8. The maximum Gasteiger partial charge on any atom is 0.322 e. The highest BCUT2D eigenvalue weighted by Crippen LogP contribution is 2.27. The molecule has 0 aliphatic carbocycles. The minimum Gasteiger partial charge on any atom is -0.497 e. The van der Waals surface area contributed by atoms with Crippen LogP contribution in [0.1, 0.15) is 18.4 Å². The Morgan fingerprint density at radius 3 is 2.46 bits per heavy atom. The first-order valence-corrected chi connectivity index (χ1v) is 9.19. The highest BCUT2D eigenvalue weighted by Gasteiger charge is 2.34. The highest BCUT2D eigenvalue weighted by atomic mass is 16.5. The Morgan fingerprint density at radius 2 is 1.79 bits per heavy atom. The molecule has 0 radical (unpaired) electrons. The molecule has 0 aromatic heterocycles. The SMILES string of the molecule is COc1ccc(NC(=O)N2CCCC2C(=O)Nc2cc(C)ccc2OC)cc1. The molecule has 3 rings (SSSR count). The van der Waals surface area contributed by atoms with E-state index in [1.165, 1.54) is 0 Å². The molecule has 2 aromatic rings. The van der Waals surface area contributed by atoms with Crippen molar-refractivity contribution in [1.29, 1.82) is 0 Å². The van der Waals surface area contributed by atoms with Crippen molar-refractivity contribution in [2.45, 2.75) is 25.8 Å². The number of nitrogens with one attached hydrogen (secondary N) is 2. The van der Waals surface area contributed by atoms with E-state index in [0.29, 0.717) is 35.8 Å². The molecule has 1 fully saturated rings. The van der Waals surface area contributed by atoms with Crippen molar-refractivity contribution in [3.8, 4) is 11.5 Å². The number of hydrogen-bond acceptors (Lipinski definition) is 4. The summed E-state index contributed by atoms with van der Waals surface area (Å²) in [6, 6.07) is 11.8. The third-order valence-corrected chi connectivity index (χ3v) is 4.77. The zero-order chi connectivity index (χ0) is 20.1. The van der Waals surface area contributed by atoms with Crippen molar-refractivity contribution in [2.75, 3.05) is 31.4 Å². The number of anilines is 2. The lowest BCUT2D eigenvalue weighted by atomic mass is 10.1. The van der Waals surface area contributed by atoms with Gasteiger partial charge in [0.05, 0.1) is 19.9 Å². The van der Waals surface area contributed by atoms with Gasteiger partial charge in [-0.2, -0.15) is 0 Å². The van der Waals surface area contributed by atoms with Crippen LogP contribution in [-0.2, 0) is 4.79 Å². The van der Waals surface area contributed by atoms with Gasteiger partial charge in [0.15, 0.2) is 0 Å². The Hall–Kier alpha value is -3.22. The van der Waals surface area contributed by atoms with E-state index >= 15 is 0 Å². The topological polar surface area (TPSA) is 79.9 Å². The van der Waals surface area contributed by atoms with Gasteiger partial charge in [-0.05, 0) is 61.7 Å². The molecule has 28 heavy (non-hydrogen) atoms. The summed E-state index contributed by atoms with van der Waals surface area (Å²) in [5.74, 6) is 1.08. The molecule has 1 heterocycles. The van der Waals surface area contributed by atoms with E-state index in [1.54, 1.807) is 43.4 Å². The van der Waals surface area contributed by atoms with Crippen LogP contribution in [0.4, 0.5) is 16.2 Å². The number of carbonyl (C=O) groups excluding carboxylic acids is 2. The van der Waals surface area contributed by atoms with Crippen LogP contribution in [0.15, 0.2) is 42.5 Å². The molecule has 0 bridgehead atoms. The second-order valence-corrected chi connectivity index (χ2v) is 6.70. The third-order valence-electron chi connectivity index (χ3n) is 4.77. The molecule has 2 N–H and O–H groups in total. The van der Waals surface area contributed by atoms with E-state index in [1.807, 2.05) is 25.1 Å². The third kappa shape index (κ3) is 4.36. The number of amides is 3. The van der Waals surface area contributed by atoms with Gasteiger partial charge in [0, 0.05) is 12.2 Å². The molecule has 1 aliphatic heterocycles. The van der Waals surface area contributed by atoms with Crippen molar-refractivity contribution in [3.05, 3.63) is 48.0 Å². The number of nitrogens with zero attached hydrogens (tertiary/aromatic N) is 1. The average molecular weight is 383 g/mol. The van der Waals surface area contributed by atoms with Gasteiger partial charge in [-0.25, -0.2) is 4.79 Å². The van der Waals surface area contributed by atoms with E-state index in [-0.39, 0.29) is 11.9 Å². The number of likely N-dealkylation sites (tertiary alicyclic amines) is 1. The second kappa shape index (κ2) is 8.65. The standard InChI is InChI=1S/C21H25N3O4/c1-14-6-11-19(28-3)17(13-14)23-20(25)18-5-4-12-24(18)21(26)22-15-7-9-16(27-2)10-8-15/h6-11,13,18H,4-5,12H2,1-3H3,(H,22,26)(H,23,25). The molecule has 1 unspecified atom stereocenters. The van der Waals surface area contributed by atoms with Gasteiger partial charge in [0.1, 0.15) is 17.5 Å². The van der Waals surface area contributed by atoms with Crippen molar-refractivity contribution in [3.63, 3.8) is 0 Å². The van der Waals surface area contributed by atoms with Gasteiger partial charge in [-0.1, -0.05) is 6.07 Å². The minimum atomic E-state index is -0.525. The molecule has 1 saturated heterocycles. The average Bonchev–Trinajstić information content (AvgIpc) is 3.19.